The molecule has 200 valence electrons. The SMILES string of the molecule is CCOC(=O)CC(c1ccc(C)c(Cc2nnnn2CC2CCCCC2)c1)c1ccc2c(nnn2C)c1C. The first-order valence-corrected chi connectivity index (χ1v) is 13.7. The van der Waals surface area contributed by atoms with E-state index in [0.717, 1.165) is 45.7 Å². The average Bonchev–Trinajstić information content (AvgIpc) is 3.51. The molecule has 1 aliphatic carbocycles. The maximum absolute atomic E-state index is 12.7. The number of ether oxygens (including phenoxy) is 1. The van der Waals surface area contributed by atoms with Gasteiger partial charge < -0.3 is 4.74 Å². The number of hydrogen-bond acceptors (Lipinski definition) is 7. The number of carbonyl (C=O) groups excluding carboxylic acids is 1. The summed E-state index contributed by atoms with van der Waals surface area (Å²) in [6, 6.07) is 10.6. The second-order valence-electron chi connectivity index (χ2n) is 10.6. The third-order valence-corrected chi connectivity index (χ3v) is 8.02. The van der Waals surface area contributed by atoms with Crippen LogP contribution in [0.1, 0.15) is 85.0 Å². The zero-order valence-electron chi connectivity index (χ0n) is 22.9. The van der Waals surface area contributed by atoms with Gasteiger partial charge in [-0.15, -0.1) is 10.2 Å². The van der Waals surface area contributed by atoms with Crippen LogP contribution >= 0.6 is 0 Å². The fourth-order valence-corrected chi connectivity index (χ4v) is 5.80. The van der Waals surface area contributed by atoms with Gasteiger partial charge in [0.15, 0.2) is 5.82 Å². The van der Waals surface area contributed by atoms with Gasteiger partial charge in [0.1, 0.15) is 5.52 Å². The quantitative estimate of drug-likeness (QED) is 0.294. The summed E-state index contributed by atoms with van der Waals surface area (Å²) in [4.78, 5) is 12.7. The molecular weight excluding hydrogens is 478 g/mol. The van der Waals surface area contributed by atoms with Crippen LogP contribution < -0.4 is 0 Å². The molecule has 0 spiro atoms. The lowest BCUT2D eigenvalue weighted by Gasteiger charge is -2.22. The molecule has 0 aliphatic heterocycles. The van der Waals surface area contributed by atoms with Crippen molar-refractivity contribution in [3.05, 3.63) is 64.0 Å². The Balaban J connectivity index is 1.47. The number of fused-ring (bicyclic) bond motifs is 1. The molecule has 1 fully saturated rings. The molecule has 2 heterocycles. The Kier molecular flexibility index (Phi) is 7.81. The Labute approximate surface area is 223 Å². The molecule has 5 rings (SSSR count). The van der Waals surface area contributed by atoms with Crippen LogP contribution in [0.15, 0.2) is 30.3 Å². The van der Waals surface area contributed by atoms with Gasteiger partial charge in [-0.3, -0.25) is 4.79 Å². The van der Waals surface area contributed by atoms with E-state index in [9.17, 15) is 4.79 Å². The summed E-state index contributed by atoms with van der Waals surface area (Å²) in [5.74, 6) is 1.15. The third kappa shape index (κ3) is 5.47. The minimum atomic E-state index is -0.213. The second-order valence-corrected chi connectivity index (χ2v) is 10.6. The minimum Gasteiger partial charge on any atom is -0.466 e. The highest BCUT2D eigenvalue weighted by molar-refractivity contribution is 5.80. The predicted octanol–water partition coefficient (Wildman–Crippen LogP) is 4.83. The molecule has 4 aromatic rings. The molecule has 1 atom stereocenters. The molecule has 0 N–H and O–H groups in total. The van der Waals surface area contributed by atoms with Crippen molar-refractivity contribution in [2.75, 3.05) is 6.61 Å². The maximum atomic E-state index is 12.7. The van der Waals surface area contributed by atoms with Crippen molar-refractivity contribution in [3.8, 4) is 0 Å². The summed E-state index contributed by atoms with van der Waals surface area (Å²) in [5, 5.41) is 21.3. The first-order valence-electron chi connectivity index (χ1n) is 13.7. The summed E-state index contributed by atoms with van der Waals surface area (Å²) in [7, 11) is 1.89. The normalized spacial score (nSPS) is 15.2. The Morgan fingerprint density at radius 1 is 1.08 bits per heavy atom. The van der Waals surface area contributed by atoms with Gasteiger partial charge in [-0.05, 0) is 83.8 Å². The van der Waals surface area contributed by atoms with Crippen LogP contribution in [0.3, 0.4) is 0 Å². The Morgan fingerprint density at radius 2 is 1.89 bits per heavy atom. The molecule has 1 saturated carbocycles. The molecule has 0 radical (unpaired) electrons. The summed E-state index contributed by atoms with van der Waals surface area (Å²) in [5.41, 5.74) is 7.32. The van der Waals surface area contributed by atoms with Gasteiger partial charge in [-0.25, -0.2) is 9.36 Å². The second kappa shape index (κ2) is 11.4. The van der Waals surface area contributed by atoms with Crippen molar-refractivity contribution in [1.82, 2.24) is 35.2 Å². The minimum absolute atomic E-state index is 0.168. The highest BCUT2D eigenvalue weighted by Crippen LogP contribution is 2.35. The topological polar surface area (TPSA) is 101 Å². The summed E-state index contributed by atoms with van der Waals surface area (Å²) in [6.45, 7) is 7.25. The van der Waals surface area contributed by atoms with Gasteiger partial charge in [0, 0.05) is 25.9 Å². The first-order chi connectivity index (χ1) is 18.4. The largest absolute Gasteiger partial charge is 0.466 e. The lowest BCUT2D eigenvalue weighted by molar-refractivity contribution is -0.143. The van der Waals surface area contributed by atoms with Crippen LogP contribution in [0.25, 0.3) is 11.0 Å². The van der Waals surface area contributed by atoms with Crippen LogP contribution in [-0.2, 0) is 29.5 Å². The monoisotopic (exact) mass is 515 g/mol. The Hall–Kier alpha value is -3.62. The number of tetrazole rings is 1. The molecule has 38 heavy (non-hydrogen) atoms. The van der Waals surface area contributed by atoms with E-state index < -0.39 is 0 Å². The van der Waals surface area contributed by atoms with Gasteiger partial charge in [0.2, 0.25) is 0 Å². The number of nitrogens with zero attached hydrogens (tertiary/aromatic N) is 7. The zero-order chi connectivity index (χ0) is 26.6. The van der Waals surface area contributed by atoms with Gasteiger partial charge in [0.05, 0.1) is 18.5 Å². The van der Waals surface area contributed by atoms with E-state index in [1.54, 1.807) is 4.68 Å². The van der Waals surface area contributed by atoms with E-state index in [4.69, 9.17) is 4.74 Å². The summed E-state index contributed by atoms with van der Waals surface area (Å²) >= 11 is 0. The molecule has 0 bridgehead atoms. The van der Waals surface area contributed by atoms with Crippen molar-refractivity contribution in [3.63, 3.8) is 0 Å². The van der Waals surface area contributed by atoms with Gasteiger partial charge in [-0.2, -0.15) is 0 Å². The van der Waals surface area contributed by atoms with Gasteiger partial charge in [-0.1, -0.05) is 48.7 Å². The number of aromatic nitrogens is 7. The van der Waals surface area contributed by atoms with Crippen molar-refractivity contribution in [1.29, 1.82) is 0 Å². The Bertz CT molecular complexity index is 1420. The lowest BCUT2D eigenvalue weighted by atomic mass is 9.84. The smallest absolute Gasteiger partial charge is 0.306 e. The van der Waals surface area contributed by atoms with Crippen molar-refractivity contribution in [2.24, 2.45) is 13.0 Å². The number of hydrogen-bond donors (Lipinski definition) is 0. The van der Waals surface area contributed by atoms with Crippen molar-refractivity contribution < 1.29 is 9.53 Å². The molecule has 2 aromatic heterocycles. The Morgan fingerprint density at radius 3 is 2.68 bits per heavy atom. The predicted molar refractivity (Wildman–Crippen MR) is 145 cm³/mol. The van der Waals surface area contributed by atoms with Crippen LogP contribution in [0.2, 0.25) is 0 Å². The molecule has 1 unspecified atom stereocenters. The van der Waals surface area contributed by atoms with E-state index in [1.807, 2.05) is 24.7 Å². The third-order valence-electron chi connectivity index (χ3n) is 8.02. The molecule has 9 nitrogen and oxygen atoms in total. The molecule has 2 aromatic carbocycles. The van der Waals surface area contributed by atoms with Crippen LogP contribution in [0.4, 0.5) is 0 Å². The standard InChI is InChI=1S/C29H37N7O2/c1-5-38-28(37)17-25(24-13-14-26-29(20(24)3)31-33-35(26)4)22-12-11-19(2)23(15-22)16-27-30-32-34-36(27)18-21-9-7-6-8-10-21/h11-15,21,25H,5-10,16-18H2,1-4H3. The molecule has 1 aliphatic rings. The van der Waals surface area contributed by atoms with Crippen molar-refractivity contribution in [2.45, 2.75) is 78.2 Å². The van der Waals surface area contributed by atoms with E-state index in [0.29, 0.717) is 18.9 Å². The fourth-order valence-electron chi connectivity index (χ4n) is 5.80. The van der Waals surface area contributed by atoms with Crippen LogP contribution in [0, 0.1) is 19.8 Å². The highest BCUT2D eigenvalue weighted by atomic mass is 16.5. The number of benzene rings is 2. The molecule has 9 heteroatoms. The maximum Gasteiger partial charge on any atom is 0.306 e. The van der Waals surface area contributed by atoms with E-state index >= 15 is 0 Å². The number of aryl methyl sites for hydroxylation is 3. The fraction of sp³-hybridized carbons (Fsp3) is 0.517. The van der Waals surface area contributed by atoms with Gasteiger partial charge in [0.25, 0.3) is 0 Å². The van der Waals surface area contributed by atoms with Crippen molar-refractivity contribution >= 4 is 17.0 Å². The molecule has 0 saturated heterocycles. The summed E-state index contributed by atoms with van der Waals surface area (Å²) in [6.07, 6.45) is 7.32. The first kappa shape index (κ1) is 26.0. The van der Waals surface area contributed by atoms with E-state index in [2.05, 4.69) is 64.0 Å². The number of carbonyl (C=O) groups is 1. The number of rotatable bonds is 9. The summed E-state index contributed by atoms with van der Waals surface area (Å²) < 4.78 is 9.14. The van der Waals surface area contributed by atoms with Crippen LogP contribution in [0.5, 0.6) is 0 Å². The molecular formula is C29H37N7O2. The van der Waals surface area contributed by atoms with Crippen LogP contribution in [-0.4, -0.2) is 47.8 Å². The van der Waals surface area contributed by atoms with E-state index in [1.165, 1.54) is 37.7 Å². The number of esters is 1. The zero-order valence-corrected chi connectivity index (χ0v) is 22.9. The van der Waals surface area contributed by atoms with Gasteiger partial charge >= 0.3 is 5.97 Å². The highest BCUT2D eigenvalue weighted by Gasteiger charge is 2.24. The van der Waals surface area contributed by atoms with E-state index in [-0.39, 0.29) is 18.3 Å². The lowest BCUT2D eigenvalue weighted by Crippen LogP contribution is -2.17. The molecule has 0 amide bonds. The average molecular weight is 516 g/mol.